The molecule has 0 aliphatic rings. The van der Waals surface area contributed by atoms with Crippen LogP contribution in [0.15, 0.2) is 30.5 Å². The van der Waals surface area contributed by atoms with Crippen molar-refractivity contribution < 1.29 is 27.4 Å². The molecule has 29 heavy (non-hydrogen) atoms. The quantitative estimate of drug-likeness (QED) is 0.710. The highest BCUT2D eigenvalue weighted by Gasteiger charge is 2.34. The molecule has 1 aromatic carbocycles. The van der Waals surface area contributed by atoms with Gasteiger partial charge in [0, 0.05) is 11.8 Å². The molecule has 0 saturated carbocycles. The van der Waals surface area contributed by atoms with E-state index in [4.69, 9.17) is 15.2 Å². The molecule has 0 fully saturated rings. The van der Waals surface area contributed by atoms with Gasteiger partial charge in [-0.15, -0.1) is 0 Å². The fourth-order valence-electron chi connectivity index (χ4n) is 3.09. The molecule has 9 heteroatoms. The summed E-state index contributed by atoms with van der Waals surface area (Å²) in [5.74, 6) is -0.435. The average Bonchev–Trinajstić information content (AvgIpc) is 2.58. The number of carbonyl (C=O) groups excluding carboxylic acids is 1. The van der Waals surface area contributed by atoms with Gasteiger partial charge in [-0.2, -0.15) is 13.2 Å². The lowest BCUT2D eigenvalue weighted by molar-refractivity contribution is -0.144. The molecule has 0 aliphatic carbocycles. The van der Waals surface area contributed by atoms with E-state index < -0.39 is 23.7 Å². The summed E-state index contributed by atoms with van der Waals surface area (Å²) in [4.78, 5) is 18.1. The summed E-state index contributed by atoms with van der Waals surface area (Å²) >= 11 is 0. The van der Waals surface area contributed by atoms with Crippen LogP contribution in [0, 0.1) is 12.8 Å². The lowest BCUT2D eigenvalue weighted by Crippen LogP contribution is -2.41. The van der Waals surface area contributed by atoms with Crippen molar-refractivity contribution in [3.05, 3.63) is 41.9 Å². The van der Waals surface area contributed by atoms with Crippen molar-refractivity contribution in [3.8, 4) is 17.0 Å². The molecule has 0 bridgehead atoms. The third kappa shape index (κ3) is 6.33. The van der Waals surface area contributed by atoms with Crippen LogP contribution in [0.5, 0.6) is 5.75 Å². The zero-order valence-corrected chi connectivity index (χ0v) is 16.7. The number of amides is 1. The van der Waals surface area contributed by atoms with Gasteiger partial charge in [-0.1, -0.05) is 13.8 Å². The van der Waals surface area contributed by atoms with Gasteiger partial charge in [-0.25, -0.2) is 14.8 Å². The van der Waals surface area contributed by atoms with E-state index in [1.54, 1.807) is 32.0 Å². The normalized spacial score (nSPS) is 13.8. The molecule has 2 aromatic rings. The highest BCUT2D eigenvalue weighted by Crippen LogP contribution is 2.30. The molecule has 6 nitrogen and oxygen atoms in total. The van der Waals surface area contributed by atoms with Crippen LogP contribution < -0.4 is 10.5 Å². The molecule has 1 amide bonds. The first-order chi connectivity index (χ1) is 13.4. The summed E-state index contributed by atoms with van der Waals surface area (Å²) in [5, 5.41) is 0. The minimum Gasteiger partial charge on any atom is -0.489 e. The van der Waals surface area contributed by atoms with Crippen LogP contribution in [0.25, 0.3) is 11.3 Å². The Morgan fingerprint density at radius 1 is 1.24 bits per heavy atom. The number of rotatable bonds is 7. The summed E-state index contributed by atoms with van der Waals surface area (Å²) in [6.45, 7) is 7.56. The number of halogens is 3. The Bertz CT molecular complexity index is 872. The van der Waals surface area contributed by atoms with Gasteiger partial charge in [-0.3, -0.25) is 0 Å². The number of alkyl halides is 3. The maximum atomic E-state index is 12.8. The number of hydrogen-bond donors (Lipinski definition) is 1. The summed E-state index contributed by atoms with van der Waals surface area (Å²) in [7, 11) is 0. The van der Waals surface area contributed by atoms with Crippen LogP contribution in [0.4, 0.5) is 18.0 Å². The monoisotopic (exact) mass is 411 g/mol. The van der Waals surface area contributed by atoms with Crippen LogP contribution in [-0.4, -0.2) is 28.3 Å². The van der Waals surface area contributed by atoms with Gasteiger partial charge in [-0.05, 0) is 56.0 Å². The van der Waals surface area contributed by atoms with E-state index >= 15 is 0 Å². The van der Waals surface area contributed by atoms with Gasteiger partial charge in [0.15, 0.2) is 0 Å². The standard InChI is InChI=1S/C20H24F3N3O3/c1-12(2)10-19(4,29-18(24)27)11-28-16-6-5-14(9-13(16)3)15-7-8-25-17(26-15)20(21,22)23/h5-9,12H,10-11H2,1-4H3,(H2,24,27)/t19-/m0/s1. The van der Waals surface area contributed by atoms with Crippen LogP contribution in [0.2, 0.25) is 0 Å². The van der Waals surface area contributed by atoms with Gasteiger partial charge < -0.3 is 15.2 Å². The minimum atomic E-state index is -4.62. The zero-order valence-electron chi connectivity index (χ0n) is 16.7. The van der Waals surface area contributed by atoms with Crippen molar-refractivity contribution in [2.45, 2.75) is 45.9 Å². The largest absolute Gasteiger partial charge is 0.489 e. The Labute approximate surface area is 167 Å². The number of aryl methyl sites for hydroxylation is 1. The molecule has 0 unspecified atom stereocenters. The molecule has 0 radical (unpaired) electrons. The Morgan fingerprint density at radius 3 is 2.48 bits per heavy atom. The number of nitrogens with zero attached hydrogens (tertiary/aromatic N) is 2. The molecule has 2 rings (SSSR count). The number of aromatic nitrogens is 2. The van der Waals surface area contributed by atoms with E-state index in [-0.39, 0.29) is 18.2 Å². The number of ether oxygens (including phenoxy) is 2. The molecule has 0 spiro atoms. The summed E-state index contributed by atoms with van der Waals surface area (Å²) < 4.78 is 49.6. The highest BCUT2D eigenvalue weighted by molar-refractivity contribution is 5.65. The fourth-order valence-corrected chi connectivity index (χ4v) is 3.09. The summed E-state index contributed by atoms with van der Waals surface area (Å²) in [6.07, 6.45) is -3.87. The Balaban J connectivity index is 2.20. The van der Waals surface area contributed by atoms with Crippen molar-refractivity contribution in [2.75, 3.05) is 6.61 Å². The molecule has 1 aromatic heterocycles. The van der Waals surface area contributed by atoms with Crippen LogP contribution in [0.3, 0.4) is 0 Å². The van der Waals surface area contributed by atoms with E-state index in [0.717, 1.165) is 6.20 Å². The Kier molecular flexibility index (Phi) is 6.71. The SMILES string of the molecule is Cc1cc(-c2ccnc(C(F)(F)F)n2)ccc1OC[C@](C)(CC(C)C)OC(N)=O. The topological polar surface area (TPSA) is 87.3 Å². The predicted molar refractivity (Wildman–Crippen MR) is 101 cm³/mol. The molecule has 0 saturated heterocycles. The van der Waals surface area contributed by atoms with Gasteiger partial charge in [0.2, 0.25) is 5.82 Å². The number of nitrogens with two attached hydrogens (primary N) is 1. The maximum Gasteiger partial charge on any atom is 0.451 e. The second-order valence-electron chi connectivity index (χ2n) is 7.50. The molecular weight excluding hydrogens is 387 g/mol. The Hall–Kier alpha value is -2.84. The fraction of sp³-hybridized carbons (Fsp3) is 0.450. The van der Waals surface area contributed by atoms with E-state index in [1.165, 1.54) is 6.07 Å². The number of carbonyl (C=O) groups is 1. The second kappa shape index (κ2) is 8.67. The van der Waals surface area contributed by atoms with Crippen molar-refractivity contribution in [2.24, 2.45) is 11.7 Å². The molecule has 0 aliphatic heterocycles. The highest BCUT2D eigenvalue weighted by atomic mass is 19.4. The molecule has 1 atom stereocenters. The van der Waals surface area contributed by atoms with Crippen molar-refractivity contribution in [1.29, 1.82) is 0 Å². The smallest absolute Gasteiger partial charge is 0.451 e. The van der Waals surface area contributed by atoms with E-state index in [2.05, 4.69) is 9.97 Å². The molecule has 158 valence electrons. The lowest BCUT2D eigenvalue weighted by Gasteiger charge is -2.30. The van der Waals surface area contributed by atoms with Crippen LogP contribution >= 0.6 is 0 Å². The van der Waals surface area contributed by atoms with Gasteiger partial charge >= 0.3 is 12.3 Å². The number of benzene rings is 1. The average molecular weight is 411 g/mol. The van der Waals surface area contributed by atoms with Gasteiger partial charge in [0.05, 0.1) is 5.69 Å². The van der Waals surface area contributed by atoms with Crippen molar-refractivity contribution in [3.63, 3.8) is 0 Å². The first-order valence-electron chi connectivity index (χ1n) is 9.02. The van der Waals surface area contributed by atoms with Crippen molar-refractivity contribution >= 4 is 6.09 Å². The van der Waals surface area contributed by atoms with E-state index in [1.807, 2.05) is 13.8 Å². The van der Waals surface area contributed by atoms with E-state index in [9.17, 15) is 18.0 Å². The van der Waals surface area contributed by atoms with Crippen LogP contribution in [-0.2, 0) is 10.9 Å². The first kappa shape index (κ1) is 22.4. The number of hydrogen-bond acceptors (Lipinski definition) is 5. The third-order valence-corrected chi connectivity index (χ3v) is 4.10. The van der Waals surface area contributed by atoms with E-state index in [0.29, 0.717) is 23.3 Å². The molecule has 1 heterocycles. The van der Waals surface area contributed by atoms with Crippen LogP contribution in [0.1, 0.15) is 38.6 Å². The van der Waals surface area contributed by atoms with Gasteiger partial charge in [0.25, 0.3) is 0 Å². The van der Waals surface area contributed by atoms with Gasteiger partial charge in [0.1, 0.15) is 18.0 Å². The summed E-state index contributed by atoms with van der Waals surface area (Å²) in [5.41, 5.74) is 5.62. The minimum absolute atomic E-state index is 0.0834. The second-order valence-corrected chi connectivity index (χ2v) is 7.50. The molecular formula is C20H24F3N3O3. The third-order valence-electron chi connectivity index (χ3n) is 4.10. The zero-order chi connectivity index (χ0) is 21.8. The Morgan fingerprint density at radius 2 is 1.93 bits per heavy atom. The summed E-state index contributed by atoms with van der Waals surface area (Å²) in [6, 6.07) is 6.33. The first-order valence-corrected chi connectivity index (χ1v) is 9.02. The number of primary amides is 1. The lowest BCUT2D eigenvalue weighted by atomic mass is 9.95. The predicted octanol–water partition coefficient (Wildman–Crippen LogP) is 4.75. The van der Waals surface area contributed by atoms with Crippen molar-refractivity contribution in [1.82, 2.24) is 9.97 Å². The maximum absolute atomic E-state index is 12.8. The molecule has 2 N–H and O–H groups in total.